The molecule has 0 spiro atoms. The number of rotatable bonds is 2. The lowest BCUT2D eigenvalue weighted by Crippen LogP contribution is -2.12. The highest BCUT2D eigenvalue weighted by molar-refractivity contribution is 6.31. The summed E-state index contributed by atoms with van der Waals surface area (Å²) in [6.07, 6.45) is 1.61. The van der Waals surface area contributed by atoms with Crippen LogP contribution in [0.4, 0.5) is 5.69 Å². The molecule has 16 heavy (non-hydrogen) atoms. The van der Waals surface area contributed by atoms with E-state index in [2.05, 4.69) is 9.98 Å². The molecule has 0 amide bonds. The predicted molar refractivity (Wildman–Crippen MR) is 66.1 cm³/mol. The van der Waals surface area contributed by atoms with E-state index in [0.29, 0.717) is 16.7 Å². The largest absolute Gasteiger partial charge is 0.383 e. The fourth-order valence-corrected chi connectivity index (χ4v) is 1.43. The van der Waals surface area contributed by atoms with Crippen LogP contribution in [0, 0.1) is 0 Å². The maximum Gasteiger partial charge on any atom is 0.154 e. The summed E-state index contributed by atoms with van der Waals surface area (Å²) < 4.78 is 0. The third kappa shape index (κ3) is 2.38. The van der Waals surface area contributed by atoms with Crippen LogP contribution in [0.1, 0.15) is 5.56 Å². The molecule has 0 bridgehead atoms. The van der Waals surface area contributed by atoms with Crippen LogP contribution < -0.4 is 5.73 Å². The van der Waals surface area contributed by atoms with Crippen molar-refractivity contribution in [3.05, 3.63) is 59.4 Å². The van der Waals surface area contributed by atoms with Gasteiger partial charge < -0.3 is 5.73 Å². The number of hydrogen-bond acceptors (Lipinski definition) is 2. The summed E-state index contributed by atoms with van der Waals surface area (Å²) in [5.41, 5.74) is 7.30. The van der Waals surface area contributed by atoms with Crippen LogP contribution in [0.15, 0.2) is 53.7 Å². The molecule has 2 rings (SSSR count). The molecule has 2 aromatic rings. The highest BCUT2D eigenvalue weighted by Gasteiger charge is 2.01. The van der Waals surface area contributed by atoms with Gasteiger partial charge in [-0.05, 0) is 12.1 Å². The van der Waals surface area contributed by atoms with E-state index in [9.17, 15) is 0 Å². The van der Waals surface area contributed by atoms with E-state index in [-0.39, 0.29) is 0 Å². The second kappa shape index (κ2) is 4.77. The summed E-state index contributed by atoms with van der Waals surface area (Å²) in [6, 6.07) is 13.1. The fraction of sp³-hybridized carbons (Fsp3) is 0. The molecule has 0 saturated carbocycles. The number of hydrogen-bond donors (Lipinski definition) is 1. The highest BCUT2D eigenvalue weighted by Crippen LogP contribution is 2.21. The Morgan fingerprint density at radius 3 is 2.56 bits per heavy atom. The summed E-state index contributed by atoms with van der Waals surface area (Å²) in [5, 5.41) is 0.349. The van der Waals surface area contributed by atoms with Crippen molar-refractivity contribution in [2.75, 3.05) is 0 Å². The Hall–Kier alpha value is -1.87. The molecule has 0 unspecified atom stereocenters. The van der Waals surface area contributed by atoms with Crippen LogP contribution in [-0.4, -0.2) is 10.8 Å². The minimum Gasteiger partial charge on any atom is -0.383 e. The Balaban J connectivity index is 2.36. The molecule has 0 saturated heterocycles. The van der Waals surface area contributed by atoms with Crippen molar-refractivity contribution < 1.29 is 0 Å². The number of nitrogens with two attached hydrogens (primary N) is 1. The summed E-state index contributed by atoms with van der Waals surface area (Å²) in [5.74, 6) is 0.426. The van der Waals surface area contributed by atoms with Gasteiger partial charge >= 0.3 is 0 Å². The summed E-state index contributed by atoms with van der Waals surface area (Å²) in [6.45, 7) is 0. The number of amidine groups is 1. The zero-order valence-corrected chi connectivity index (χ0v) is 9.22. The molecule has 3 nitrogen and oxygen atoms in total. The van der Waals surface area contributed by atoms with Crippen molar-refractivity contribution in [1.29, 1.82) is 0 Å². The van der Waals surface area contributed by atoms with E-state index < -0.39 is 0 Å². The van der Waals surface area contributed by atoms with Crippen molar-refractivity contribution in [3.8, 4) is 0 Å². The smallest absolute Gasteiger partial charge is 0.154 e. The van der Waals surface area contributed by atoms with Crippen molar-refractivity contribution in [2.24, 2.45) is 10.7 Å². The van der Waals surface area contributed by atoms with Gasteiger partial charge in [0, 0.05) is 11.8 Å². The Morgan fingerprint density at radius 1 is 1.12 bits per heavy atom. The standard InChI is InChI=1S/C12H10ClN3/c13-11-10(7-4-8-15-11)16-12(14)9-5-2-1-3-6-9/h1-8H,(H2,14,16). The molecule has 2 N–H and O–H groups in total. The summed E-state index contributed by atoms with van der Waals surface area (Å²) in [4.78, 5) is 8.16. The zero-order valence-electron chi connectivity index (χ0n) is 8.47. The van der Waals surface area contributed by atoms with Crippen molar-refractivity contribution >= 4 is 23.1 Å². The van der Waals surface area contributed by atoms with Crippen molar-refractivity contribution in [3.63, 3.8) is 0 Å². The van der Waals surface area contributed by atoms with Crippen molar-refractivity contribution in [2.45, 2.75) is 0 Å². The second-order valence-electron chi connectivity index (χ2n) is 3.18. The first-order valence-corrected chi connectivity index (χ1v) is 5.15. The number of aliphatic imine (C=N–C) groups is 1. The molecule has 1 heterocycles. The third-order valence-corrected chi connectivity index (χ3v) is 2.34. The average Bonchev–Trinajstić information content (AvgIpc) is 2.33. The molecule has 1 aromatic heterocycles. The van der Waals surface area contributed by atoms with E-state index in [4.69, 9.17) is 17.3 Å². The molecule has 0 atom stereocenters. The van der Waals surface area contributed by atoms with Gasteiger partial charge in [0.15, 0.2) is 5.15 Å². The van der Waals surface area contributed by atoms with Gasteiger partial charge in [-0.1, -0.05) is 41.9 Å². The molecule has 80 valence electrons. The van der Waals surface area contributed by atoms with Crippen LogP contribution in [-0.2, 0) is 0 Å². The van der Waals surface area contributed by atoms with Gasteiger partial charge in [-0.3, -0.25) is 0 Å². The van der Waals surface area contributed by atoms with Crippen LogP contribution in [0.3, 0.4) is 0 Å². The van der Waals surface area contributed by atoms with Gasteiger partial charge in [-0.15, -0.1) is 0 Å². The Labute approximate surface area is 98.6 Å². The molecule has 0 fully saturated rings. The van der Waals surface area contributed by atoms with Crippen LogP contribution in [0.5, 0.6) is 0 Å². The normalized spacial score (nSPS) is 11.4. The topological polar surface area (TPSA) is 51.3 Å². The molecule has 4 heteroatoms. The lowest BCUT2D eigenvalue weighted by Gasteiger charge is -2.01. The van der Waals surface area contributed by atoms with E-state index >= 15 is 0 Å². The molecular formula is C12H10ClN3. The highest BCUT2D eigenvalue weighted by atomic mass is 35.5. The number of halogens is 1. The summed E-state index contributed by atoms with van der Waals surface area (Å²) >= 11 is 5.88. The minimum atomic E-state index is 0.349. The van der Waals surface area contributed by atoms with Gasteiger partial charge in [0.1, 0.15) is 11.5 Å². The van der Waals surface area contributed by atoms with Crippen molar-refractivity contribution in [1.82, 2.24) is 4.98 Å². The van der Waals surface area contributed by atoms with Crippen LogP contribution in [0.25, 0.3) is 0 Å². The van der Waals surface area contributed by atoms with Gasteiger partial charge in [-0.25, -0.2) is 9.98 Å². The third-order valence-electron chi connectivity index (χ3n) is 2.05. The number of pyridine rings is 1. The molecular weight excluding hydrogens is 222 g/mol. The maximum absolute atomic E-state index is 5.88. The second-order valence-corrected chi connectivity index (χ2v) is 3.53. The van der Waals surface area contributed by atoms with Crippen LogP contribution >= 0.6 is 11.6 Å². The van der Waals surface area contributed by atoms with Crippen LogP contribution in [0.2, 0.25) is 5.15 Å². The molecule has 1 aromatic carbocycles. The summed E-state index contributed by atoms with van der Waals surface area (Å²) in [7, 11) is 0. The Bertz CT molecular complexity index is 509. The number of benzene rings is 1. The predicted octanol–water partition coefficient (Wildman–Crippen LogP) is 2.77. The van der Waals surface area contributed by atoms with Gasteiger partial charge in [0.25, 0.3) is 0 Å². The zero-order chi connectivity index (χ0) is 11.4. The first-order chi connectivity index (χ1) is 7.77. The quantitative estimate of drug-likeness (QED) is 0.491. The molecule has 0 radical (unpaired) electrons. The van der Waals surface area contributed by atoms with Gasteiger partial charge in [0.2, 0.25) is 0 Å². The van der Waals surface area contributed by atoms with E-state index in [1.807, 2.05) is 30.3 Å². The van der Waals surface area contributed by atoms with E-state index in [1.165, 1.54) is 0 Å². The Kier molecular flexibility index (Phi) is 3.17. The van der Waals surface area contributed by atoms with E-state index in [1.54, 1.807) is 18.3 Å². The fourth-order valence-electron chi connectivity index (χ4n) is 1.26. The number of nitrogens with zero attached hydrogens (tertiary/aromatic N) is 2. The number of aromatic nitrogens is 1. The lowest BCUT2D eigenvalue weighted by molar-refractivity contribution is 1.30. The molecule has 0 aliphatic carbocycles. The first-order valence-electron chi connectivity index (χ1n) is 4.77. The van der Waals surface area contributed by atoms with E-state index in [0.717, 1.165) is 5.56 Å². The maximum atomic E-state index is 5.88. The van der Waals surface area contributed by atoms with Gasteiger partial charge in [0.05, 0.1) is 0 Å². The lowest BCUT2D eigenvalue weighted by atomic mass is 10.2. The Morgan fingerprint density at radius 2 is 1.88 bits per heavy atom. The average molecular weight is 232 g/mol. The minimum absolute atomic E-state index is 0.349. The molecule has 0 aliphatic rings. The van der Waals surface area contributed by atoms with Gasteiger partial charge in [-0.2, -0.15) is 0 Å². The first kappa shape index (κ1) is 10.6. The SMILES string of the molecule is NC(=Nc1cccnc1Cl)c1ccccc1. The molecule has 0 aliphatic heterocycles. The monoisotopic (exact) mass is 231 g/mol.